The van der Waals surface area contributed by atoms with Crippen LogP contribution >= 0.6 is 0 Å². The first kappa shape index (κ1) is 20.9. The Morgan fingerprint density at radius 1 is 1.22 bits per heavy atom. The van der Waals surface area contributed by atoms with E-state index < -0.39 is 23.3 Å². The highest BCUT2D eigenvalue weighted by atomic mass is 16.6. The lowest BCUT2D eigenvalue weighted by atomic mass is 10.0. The van der Waals surface area contributed by atoms with Gasteiger partial charge in [-0.3, -0.25) is 0 Å². The van der Waals surface area contributed by atoms with Crippen LogP contribution in [0.5, 0.6) is 5.75 Å². The Morgan fingerprint density at radius 3 is 2.56 bits per heavy atom. The number of carboxylic acids is 1. The first-order valence-electron chi connectivity index (χ1n) is 9.23. The Kier molecular flexibility index (Phi) is 6.23. The maximum absolute atomic E-state index is 12.0. The Morgan fingerprint density at radius 2 is 1.93 bits per heavy atom. The maximum Gasteiger partial charge on any atom is 0.407 e. The van der Waals surface area contributed by atoms with E-state index in [0.717, 1.165) is 25.1 Å². The van der Waals surface area contributed by atoms with E-state index in [1.165, 1.54) is 13.8 Å². The second-order valence-corrected chi connectivity index (χ2v) is 8.35. The summed E-state index contributed by atoms with van der Waals surface area (Å²) >= 11 is 0. The monoisotopic (exact) mass is 378 g/mol. The van der Waals surface area contributed by atoms with Gasteiger partial charge in [-0.15, -0.1) is 0 Å². The molecule has 27 heavy (non-hydrogen) atoms. The summed E-state index contributed by atoms with van der Waals surface area (Å²) in [6.07, 6.45) is 1.42. The summed E-state index contributed by atoms with van der Waals surface area (Å²) in [5, 5.41) is 12.2. The molecule has 2 rings (SSSR count). The van der Waals surface area contributed by atoms with Crippen LogP contribution in [-0.4, -0.2) is 47.5 Å². The molecule has 0 saturated carbocycles. The van der Waals surface area contributed by atoms with Crippen molar-refractivity contribution in [2.75, 3.05) is 18.0 Å². The third kappa shape index (κ3) is 6.34. The van der Waals surface area contributed by atoms with Crippen LogP contribution in [-0.2, 0) is 9.53 Å². The average Bonchev–Trinajstić information content (AvgIpc) is 2.53. The molecule has 1 aliphatic heterocycles. The number of nitrogens with one attached hydrogen (secondary N) is 1. The zero-order valence-electron chi connectivity index (χ0n) is 16.7. The summed E-state index contributed by atoms with van der Waals surface area (Å²) in [5.41, 5.74) is -0.896. The van der Waals surface area contributed by atoms with Gasteiger partial charge in [-0.25, -0.2) is 9.59 Å². The number of ether oxygens (including phenoxy) is 2. The van der Waals surface area contributed by atoms with Crippen LogP contribution in [0.2, 0.25) is 0 Å². The van der Waals surface area contributed by atoms with Gasteiger partial charge in [0.2, 0.25) is 0 Å². The van der Waals surface area contributed by atoms with E-state index in [-0.39, 0.29) is 6.04 Å². The van der Waals surface area contributed by atoms with Gasteiger partial charge < -0.3 is 24.8 Å². The van der Waals surface area contributed by atoms with Crippen LogP contribution < -0.4 is 15.0 Å². The van der Waals surface area contributed by atoms with Crippen molar-refractivity contribution in [3.05, 3.63) is 24.3 Å². The van der Waals surface area contributed by atoms with Crippen LogP contribution in [0, 0.1) is 0 Å². The molecule has 0 bridgehead atoms. The molecule has 0 unspecified atom stereocenters. The number of carbonyl (C=O) groups excluding carboxylic acids is 1. The van der Waals surface area contributed by atoms with E-state index in [9.17, 15) is 14.7 Å². The van der Waals surface area contributed by atoms with Gasteiger partial charge in [-0.05, 0) is 59.6 Å². The summed E-state index contributed by atoms with van der Waals surface area (Å²) in [5.74, 6) is -0.519. The lowest BCUT2D eigenvalue weighted by Crippen LogP contribution is -2.49. The predicted molar refractivity (Wildman–Crippen MR) is 103 cm³/mol. The van der Waals surface area contributed by atoms with Crippen molar-refractivity contribution in [2.24, 2.45) is 0 Å². The Balaban J connectivity index is 2.02. The number of amides is 1. The molecule has 1 amide bonds. The summed E-state index contributed by atoms with van der Waals surface area (Å²) in [7, 11) is 0. The van der Waals surface area contributed by atoms with Gasteiger partial charge >= 0.3 is 12.1 Å². The number of hydrogen-bond donors (Lipinski definition) is 2. The molecule has 1 heterocycles. The number of anilines is 1. The summed E-state index contributed by atoms with van der Waals surface area (Å²) < 4.78 is 11.0. The molecule has 1 saturated heterocycles. The molecule has 0 radical (unpaired) electrons. The second-order valence-electron chi connectivity index (χ2n) is 8.35. The summed E-state index contributed by atoms with van der Waals surface area (Å²) in [6.45, 7) is 10.1. The molecule has 0 spiro atoms. The minimum Gasteiger partial charge on any atom is -0.478 e. The number of rotatable bonds is 5. The first-order valence-corrected chi connectivity index (χ1v) is 9.23. The number of aliphatic carboxylic acids is 1. The van der Waals surface area contributed by atoms with Crippen molar-refractivity contribution in [1.29, 1.82) is 0 Å². The number of hydrogen-bond acceptors (Lipinski definition) is 5. The van der Waals surface area contributed by atoms with Crippen LogP contribution in [0.3, 0.4) is 0 Å². The lowest BCUT2D eigenvalue weighted by Gasteiger charge is -2.35. The minimum absolute atomic E-state index is 0.00589. The van der Waals surface area contributed by atoms with Gasteiger partial charge in [0.15, 0.2) is 5.60 Å². The molecule has 1 aliphatic rings. The van der Waals surface area contributed by atoms with Gasteiger partial charge in [0.25, 0.3) is 0 Å². The number of benzene rings is 1. The van der Waals surface area contributed by atoms with E-state index in [2.05, 4.69) is 10.2 Å². The molecule has 0 aromatic heterocycles. The Hall–Kier alpha value is -2.44. The quantitative estimate of drug-likeness (QED) is 0.816. The van der Waals surface area contributed by atoms with Gasteiger partial charge in [0, 0.05) is 30.9 Å². The largest absolute Gasteiger partial charge is 0.478 e. The topological polar surface area (TPSA) is 88.1 Å². The van der Waals surface area contributed by atoms with Crippen LogP contribution in [0.4, 0.5) is 10.5 Å². The van der Waals surface area contributed by atoms with Gasteiger partial charge in [0.05, 0.1) is 0 Å². The van der Waals surface area contributed by atoms with Crippen molar-refractivity contribution < 1.29 is 24.2 Å². The minimum atomic E-state index is -1.30. The summed E-state index contributed by atoms with van der Waals surface area (Å²) in [4.78, 5) is 25.4. The predicted octanol–water partition coefficient (Wildman–Crippen LogP) is 3.42. The van der Waals surface area contributed by atoms with Crippen molar-refractivity contribution in [3.63, 3.8) is 0 Å². The normalized spacial score (nSPS) is 18.0. The van der Waals surface area contributed by atoms with Crippen LogP contribution in [0.25, 0.3) is 0 Å². The molecule has 150 valence electrons. The van der Waals surface area contributed by atoms with Crippen molar-refractivity contribution in [1.82, 2.24) is 5.32 Å². The smallest absolute Gasteiger partial charge is 0.407 e. The van der Waals surface area contributed by atoms with E-state index >= 15 is 0 Å². The molecular formula is C20H30N2O5. The second kappa shape index (κ2) is 8.06. The number of alkyl carbamates (subject to hydrolysis) is 1. The highest BCUT2D eigenvalue weighted by Gasteiger charge is 2.30. The standard InChI is InChI=1S/C20H30N2O5/c1-19(2,3)27-18(25)21-14-8-7-11-22(13-14)15-9-6-10-16(12-15)26-20(4,5)17(23)24/h6,9-10,12,14H,7-8,11,13H2,1-5H3,(H,21,25)(H,23,24)/t14-/m1/s1. The third-order valence-electron chi connectivity index (χ3n) is 4.21. The molecule has 1 atom stereocenters. The van der Waals surface area contributed by atoms with E-state index in [1.54, 1.807) is 6.07 Å². The SMILES string of the molecule is CC(C)(C)OC(=O)N[C@@H]1CCCN(c2cccc(OC(C)(C)C(=O)O)c2)C1. The third-order valence-corrected chi connectivity index (χ3v) is 4.21. The fraction of sp³-hybridized carbons (Fsp3) is 0.600. The summed E-state index contributed by atoms with van der Waals surface area (Å²) in [6, 6.07) is 7.37. The maximum atomic E-state index is 12.0. The van der Waals surface area contributed by atoms with Crippen molar-refractivity contribution in [2.45, 2.75) is 64.7 Å². The molecule has 1 aromatic carbocycles. The highest BCUT2D eigenvalue weighted by molar-refractivity contribution is 5.76. The van der Waals surface area contributed by atoms with E-state index in [0.29, 0.717) is 12.3 Å². The van der Waals surface area contributed by atoms with E-state index in [1.807, 2.05) is 39.0 Å². The van der Waals surface area contributed by atoms with Crippen LogP contribution in [0.15, 0.2) is 24.3 Å². The average molecular weight is 378 g/mol. The number of carbonyl (C=O) groups is 2. The van der Waals surface area contributed by atoms with Gasteiger partial charge in [-0.2, -0.15) is 0 Å². The number of nitrogens with zero attached hydrogens (tertiary/aromatic N) is 1. The fourth-order valence-corrected chi connectivity index (χ4v) is 2.89. The molecule has 2 N–H and O–H groups in total. The van der Waals surface area contributed by atoms with Gasteiger partial charge in [-0.1, -0.05) is 6.07 Å². The fourth-order valence-electron chi connectivity index (χ4n) is 2.89. The zero-order valence-corrected chi connectivity index (χ0v) is 16.7. The zero-order chi connectivity index (χ0) is 20.2. The molecule has 1 aromatic rings. The molecule has 7 nitrogen and oxygen atoms in total. The molecule has 1 fully saturated rings. The lowest BCUT2D eigenvalue weighted by molar-refractivity contribution is -0.152. The molecular weight excluding hydrogens is 348 g/mol. The number of carboxylic acid groups (broad SMARTS) is 1. The molecule has 0 aliphatic carbocycles. The molecule has 7 heteroatoms. The number of piperidine rings is 1. The first-order chi connectivity index (χ1) is 12.5. The van der Waals surface area contributed by atoms with Crippen molar-refractivity contribution >= 4 is 17.7 Å². The Bertz CT molecular complexity index is 681. The highest BCUT2D eigenvalue weighted by Crippen LogP contribution is 2.27. The van der Waals surface area contributed by atoms with Crippen molar-refractivity contribution in [3.8, 4) is 5.75 Å². The Labute approximate surface area is 160 Å². The van der Waals surface area contributed by atoms with Gasteiger partial charge in [0.1, 0.15) is 11.4 Å². The van der Waals surface area contributed by atoms with E-state index in [4.69, 9.17) is 9.47 Å². The van der Waals surface area contributed by atoms with Crippen LogP contribution in [0.1, 0.15) is 47.5 Å².